The maximum atomic E-state index is 13.9. The van der Waals surface area contributed by atoms with Crippen LogP contribution in [0.2, 0.25) is 0 Å². The number of amides is 6. The highest BCUT2D eigenvalue weighted by molar-refractivity contribution is 5.95. The Morgan fingerprint density at radius 3 is 1.55 bits per heavy atom. The van der Waals surface area contributed by atoms with E-state index in [1.165, 1.54) is 26.0 Å². The van der Waals surface area contributed by atoms with E-state index >= 15 is 0 Å². The van der Waals surface area contributed by atoms with Crippen LogP contribution in [0.25, 0.3) is 0 Å². The maximum absolute atomic E-state index is 13.9. The molecule has 18 heteroatoms. The summed E-state index contributed by atoms with van der Waals surface area (Å²) >= 11 is 0. The van der Waals surface area contributed by atoms with Crippen molar-refractivity contribution in [3.05, 3.63) is 0 Å². The molecule has 0 saturated carbocycles. The average Bonchev–Trinajstić information content (AvgIpc) is 3.12. The molecule has 0 heterocycles. The van der Waals surface area contributed by atoms with Crippen LogP contribution in [0, 0.1) is 17.8 Å². The van der Waals surface area contributed by atoms with E-state index in [1.807, 2.05) is 0 Å². The molecular formula is C37H64N6O12. The summed E-state index contributed by atoms with van der Waals surface area (Å²) in [7, 11) is 2.90. The fourth-order valence-corrected chi connectivity index (χ4v) is 4.98. The fourth-order valence-electron chi connectivity index (χ4n) is 4.98. The van der Waals surface area contributed by atoms with Gasteiger partial charge in [-0.2, -0.15) is 0 Å². The normalized spacial score (nSPS) is 14.4. The molecule has 0 spiro atoms. The van der Waals surface area contributed by atoms with Crippen LogP contribution in [0.15, 0.2) is 0 Å². The van der Waals surface area contributed by atoms with Gasteiger partial charge >= 0.3 is 0 Å². The van der Waals surface area contributed by atoms with Crippen LogP contribution in [-0.2, 0) is 57.4 Å². The number of hydrogen-bond donors (Lipinski definition) is 5. The van der Waals surface area contributed by atoms with Crippen LogP contribution in [0.5, 0.6) is 0 Å². The molecule has 0 aliphatic rings. The van der Waals surface area contributed by atoms with Crippen molar-refractivity contribution in [2.45, 2.75) is 111 Å². The Morgan fingerprint density at radius 2 is 1.11 bits per heavy atom. The molecule has 0 aliphatic carbocycles. The van der Waals surface area contributed by atoms with E-state index in [2.05, 4.69) is 26.6 Å². The van der Waals surface area contributed by atoms with Gasteiger partial charge in [-0.3, -0.25) is 33.6 Å². The Labute approximate surface area is 327 Å². The van der Waals surface area contributed by atoms with Gasteiger partial charge in [0, 0.05) is 33.6 Å². The summed E-state index contributed by atoms with van der Waals surface area (Å²) in [6.07, 6.45) is -3.63. The van der Waals surface area contributed by atoms with Gasteiger partial charge in [0.2, 0.25) is 35.4 Å². The summed E-state index contributed by atoms with van der Waals surface area (Å²) in [6, 6.07) is -6.18. The topological polar surface area (TPSA) is 245 Å². The molecule has 0 saturated heterocycles. The molecule has 0 radical (unpaired) electrons. The van der Waals surface area contributed by atoms with Gasteiger partial charge in [-0.1, -0.05) is 41.5 Å². The number of Topliss-reactive ketones (excluding diaryl/α,β-unsaturated/α-hetero) is 1. The minimum absolute atomic E-state index is 0.00233. The predicted octanol–water partition coefficient (Wildman–Crippen LogP) is -0.546. The summed E-state index contributed by atoms with van der Waals surface area (Å²) in [4.78, 5) is 117. The highest BCUT2D eigenvalue weighted by atomic mass is 16.5. The smallest absolute Gasteiger partial charge is 0.243 e. The van der Waals surface area contributed by atoms with E-state index in [-0.39, 0.29) is 57.3 Å². The van der Waals surface area contributed by atoms with Crippen LogP contribution in [-0.4, -0.2) is 143 Å². The molecule has 18 nitrogen and oxygen atoms in total. The second-order valence-corrected chi connectivity index (χ2v) is 14.1. The molecule has 5 N–H and O–H groups in total. The number of carbonyl (C=O) groups excluding carboxylic acids is 9. The summed E-state index contributed by atoms with van der Waals surface area (Å²) < 4.78 is 30.3. The molecule has 0 aromatic heterocycles. The van der Waals surface area contributed by atoms with Crippen molar-refractivity contribution in [2.75, 3.05) is 53.7 Å². The highest BCUT2D eigenvalue weighted by Gasteiger charge is 2.31. The first-order chi connectivity index (χ1) is 26.7. The summed E-state index contributed by atoms with van der Waals surface area (Å²) in [6.45, 7) is 11.3. The molecule has 5 unspecified atom stereocenters. The second-order valence-electron chi connectivity index (χ2n) is 14.1. The Bertz CT molecular complexity index is 1370. The largest absolute Gasteiger partial charge is 0.384 e. The van der Waals surface area contributed by atoms with E-state index in [0.29, 0.717) is 6.61 Å². The lowest BCUT2D eigenvalue weighted by atomic mass is 9.99. The SMILES string of the molecule is [2H]C(=O)C(NC(=O)CCC(NC(=O)CN(CCOCCOC)C(=O)CCOC)C(=O)NC(CCC(=O)NC(C([2H])=O)C(C)C)C(=O)NC(C(C)=O)C(C)C)C(C)C. The van der Waals surface area contributed by atoms with Crippen LogP contribution >= 0.6 is 0 Å². The van der Waals surface area contributed by atoms with Crippen LogP contribution in [0.1, 0.15) is 83.3 Å². The van der Waals surface area contributed by atoms with Crippen LogP contribution in [0.4, 0.5) is 0 Å². The number of ketones is 1. The third kappa shape index (κ3) is 21.4. The second kappa shape index (κ2) is 28.2. The number of rotatable bonds is 30. The van der Waals surface area contributed by atoms with Gasteiger partial charge in [0.05, 0.1) is 57.5 Å². The van der Waals surface area contributed by atoms with Crippen molar-refractivity contribution in [1.29, 1.82) is 0 Å². The third-order valence-corrected chi connectivity index (χ3v) is 8.37. The van der Waals surface area contributed by atoms with Crippen molar-refractivity contribution < 1.29 is 60.1 Å². The number of aldehydes is 2. The first-order valence-electron chi connectivity index (χ1n) is 19.5. The number of ether oxygens (including phenoxy) is 3. The monoisotopic (exact) mass is 786 g/mol. The lowest BCUT2D eigenvalue weighted by Gasteiger charge is -2.27. The summed E-state index contributed by atoms with van der Waals surface area (Å²) in [5, 5.41) is 12.5. The number of methoxy groups -OCH3 is 2. The van der Waals surface area contributed by atoms with E-state index in [4.69, 9.17) is 17.0 Å². The molecular weight excluding hydrogens is 720 g/mol. The highest BCUT2D eigenvalue weighted by Crippen LogP contribution is 2.09. The van der Waals surface area contributed by atoms with E-state index in [9.17, 15) is 43.2 Å². The van der Waals surface area contributed by atoms with Crippen molar-refractivity contribution >= 4 is 53.8 Å². The number of carbonyl (C=O) groups is 9. The van der Waals surface area contributed by atoms with Crippen LogP contribution < -0.4 is 26.6 Å². The van der Waals surface area contributed by atoms with Gasteiger partial charge < -0.3 is 55.3 Å². The predicted molar refractivity (Wildman–Crippen MR) is 201 cm³/mol. The Morgan fingerprint density at radius 1 is 0.618 bits per heavy atom. The summed E-state index contributed by atoms with van der Waals surface area (Å²) in [5.41, 5.74) is 0. The van der Waals surface area contributed by atoms with E-state index in [1.54, 1.807) is 41.5 Å². The molecule has 0 fully saturated rings. The molecule has 55 heavy (non-hydrogen) atoms. The van der Waals surface area contributed by atoms with E-state index < -0.39 is 109 Å². The fraction of sp³-hybridized carbons (Fsp3) is 0.757. The number of nitrogens with one attached hydrogen (secondary N) is 5. The van der Waals surface area contributed by atoms with Gasteiger partial charge in [-0.05, 0) is 37.5 Å². The minimum Gasteiger partial charge on any atom is -0.384 e. The van der Waals surface area contributed by atoms with Gasteiger partial charge in [0.1, 0.15) is 27.3 Å². The first kappa shape index (κ1) is 46.9. The van der Waals surface area contributed by atoms with Gasteiger partial charge in [0.25, 0.3) is 0 Å². The van der Waals surface area contributed by atoms with Crippen LogP contribution in [0.3, 0.4) is 0 Å². The number of hydrogen-bond acceptors (Lipinski definition) is 12. The number of nitrogens with zero attached hydrogens (tertiary/aromatic N) is 1. The standard InChI is InChI=1S/C37H64N6O12/c1-23(2)29(21-44)39-31(47)12-10-27(38-33(49)20-43(34(50)14-16-53-8)15-17-55-19-18-54-9)36(51)41-28(37(52)42-35(25(5)6)26(7)46)11-13-32(48)40-30(22-45)24(3)4/h21-25,27-30,35H,10-20H2,1-9H3,(H,38,49)(H,39,47)(H,40,48)(H,41,51)(H,42,52)/i21D,22D. The Balaban J connectivity index is 6.54. The van der Waals surface area contributed by atoms with E-state index in [0.717, 1.165) is 0 Å². The minimum atomic E-state index is -1.51. The Kier molecular flexibility index (Phi) is 24.0. The molecule has 6 amide bonds. The summed E-state index contributed by atoms with van der Waals surface area (Å²) in [5.74, 6) is -6.00. The molecule has 0 bridgehead atoms. The molecule has 0 aliphatic heterocycles. The lowest BCUT2D eigenvalue weighted by Crippen LogP contribution is -2.57. The van der Waals surface area contributed by atoms with Gasteiger partial charge in [0.15, 0.2) is 5.78 Å². The molecule has 0 aromatic rings. The molecule has 0 rings (SSSR count). The van der Waals surface area contributed by atoms with Crippen molar-refractivity contribution in [2.24, 2.45) is 17.8 Å². The zero-order valence-corrected chi connectivity index (χ0v) is 33.7. The van der Waals surface area contributed by atoms with Gasteiger partial charge in [-0.15, -0.1) is 0 Å². The quantitative estimate of drug-likeness (QED) is 0.0455. The lowest BCUT2D eigenvalue weighted by molar-refractivity contribution is -0.139. The third-order valence-electron chi connectivity index (χ3n) is 8.37. The maximum Gasteiger partial charge on any atom is 0.243 e. The zero-order valence-electron chi connectivity index (χ0n) is 35.7. The molecule has 0 aromatic carbocycles. The van der Waals surface area contributed by atoms with Gasteiger partial charge in [-0.25, -0.2) is 0 Å². The van der Waals surface area contributed by atoms with Crippen molar-refractivity contribution in [1.82, 2.24) is 31.5 Å². The van der Waals surface area contributed by atoms with Crippen molar-refractivity contribution in [3.63, 3.8) is 0 Å². The zero-order chi connectivity index (χ0) is 43.8. The molecule has 5 atom stereocenters. The Hall–Kier alpha value is -4.29. The molecule has 314 valence electrons. The first-order valence-corrected chi connectivity index (χ1v) is 18.5. The average molecular weight is 787 g/mol. The van der Waals surface area contributed by atoms with Crippen molar-refractivity contribution in [3.8, 4) is 0 Å².